The summed E-state index contributed by atoms with van der Waals surface area (Å²) in [5.41, 5.74) is 3.56. The van der Waals surface area contributed by atoms with E-state index in [0.29, 0.717) is 11.4 Å². The second kappa shape index (κ2) is 7.83. The van der Waals surface area contributed by atoms with Gasteiger partial charge in [0.1, 0.15) is 6.29 Å². The summed E-state index contributed by atoms with van der Waals surface area (Å²) in [6.45, 7) is 4.25. The van der Waals surface area contributed by atoms with Gasteiger partial charge in [-0.2, -0.15) is 5.21 Å². The number of carbonyl (C=O) groups excluding carboxylic acids is 1. The molecule has 0 aliphatic rings. The van der Waals surface area contributed by atoms with Crippen LogP contribution in [0, 0.1) is 0 Å². The van der Waals surface area contributed by atoms with E-state index >= 15 is 0 Å². The topological polar surface area (TPSA) is 71.5 Å². The molecule has 112 valence electrons. The van der Waals surface area contributed by atoms with Gasteiger partial charge in [0.15, 0.2) is 0 Å². The van der Waals surface area contributed by atoms with Crippen molar-refractivity contribution < 1.29 is 4.79 Å². The second-order valence-electron chi connectivity index (χ2n) is 4.73. The van der Waals surface area contributed by atoms with E-state index in [1.165, 1.54) is 6.42 Å². The lowest BCUT2D eigenvalue weighted by Gasteiger charge is -2.06. The number of hydrogen-bond donors (Lipinski definition) is 1. The van der Waals surface area contributed by atoms with Crippen molar-refractivity contribution in [1.29, 1.82) is 0 Å². The minimum atomic E-state index is 0.551. The highest BCUT2D eigenvalue weighted by Gasteiger charge is 2.10. The Balaban J connectivity index is 0.000000545. The van der Waals surface area contributed by atoms with Gasteiger partial charge in [-0.25, -0.2) is 0 Å². The Morgan fingerprint density at radius 1 is 1.00 bits per heavy atom. The second-order valence-corrected chi connectivity index (χ2v) is 4.73. The Labute approximate surface area is 129 Å². The van der Waals surface area contributed by atoms with Gasteiger partial charge in [0, 0.05) is 11.1 Å². The third-order valence-electron chi connectivity index (χ3n) is 2.87. The first kappa shape index (κ1) is 15.6. The number of hydrogen-bond acceptors (Lipinski definition) is 4. The number of aromatic amines is 1. The number of aromatic nitrogens is 4. The van der Waals surface area contributed by atoms with Crippen molar-refractivity contribution in [2.75, 3.05) is 0 Å². The highest BCUT2D eigenvalue weighted by Crippen LogP contribution is 2.29. The smallest absolute Gasteiger partial charge is 0.205 e. The Morgan fingerprint density at radius 3 is 2.18 bits per heavy atom. The summed E-state index contributed by atoms with van der Waals surface area (Å²) in [6.07, 6.45) is 2.08. The highest BCUT2D eigenvalue weighted by molar-refractivity contribution is 5.82. The monoisotopic (exact) mass is 294 g/mol. The molecule has 1 heterocycles. The normalized spacial score (nSPS) is 9.73. The number of nitrogens with zero attached hydrogens (tertiary/aromatic N) is 3. The minimum absolute atomic E-state index is 0.551. The summed E-state index contributed by atoms with van der Waals surface area (Å²) in [6, 6.07) is 15.2. The molecule has 22 heavy (non-hydrogen) atoms. The number of H-pyrrole nitrogens is 1. The molecule has 0 bridgehead atoms. The van der Waals surface area contributed by atoms with Crippen molar-refractivity contribution in [2.45, 2.75) is 20.3 Å². The molecule has 0 amide bonds. The molecule has 0 fully saturated rings. The van der Waals surface area contributed by atoms with E-state index < -0.39 is 0 Å². The molecule has 0 radical (unpaired) electrons. The van der Waals surface area contributed by atoms with Crippen LogP contribution >= 0.6 is 0 Å². The maximum absolute atomic E-state index is 10.7. The first-order valence-electron chi connectivity index (χ1n) is 7.18. The number of rotatable bonds is 3. The van der Waals surface area contributed by atoms with Crippen molar-refractivity contribution in [3.63, 3.8) is 0 Å². The molecule has 0 saturated heterocycles. The van der Waals surface area contributed by atoms with Gasteiger partial charge in [-0.1, -0.05) is 68.8 Å². The summed E-state index contributed by atoms with van der Waals surface area (Å²) in [5, 5.41) is 14.0. The van der Waals surface area contributed by atoms with Gasteiger partial charge in [0.05, 0.1) is 0 Å². The molecule has 0 aliphatic carbocycles. The van der Waals surface area contributed by atoms with Crippen LogP contribution in [0.1, 0.15) is 30.6 Å². The fourth-order valence-corrected chi connectivity index (χ4v) is 1.95. The lowest BCUT2D eigenvalue weighted by Crippen LogP contribution is -1.88. The van der Waals surface area contributed by atoms with Crippen LogP contribution in [0.3, 0.4) is 0 Å². The third kappa shape index (κ3) is 3.63. The molecular weight excluding hydrogens is 276 g/mol. The number of aldehydes is 1. The van der Waals surface area contributed by atoms with Gasteiger partial charge in [-0.05, 0) is 16.3 Å². The van der Waals surface area contributed by atoms with Crippen LogP contribution in [0.4, 0.5) is 0 Å². The first-order valence-corrected chi connectivity index (χ1v) is 7.18. The zero-order valence-corrected chi connectivity index (χ0v) is 12.7. The van der Waals surface area contributed by atoms with E-state index in [0.717, 1.165) is 23.0 Å². The molecule has 0 atom stereocenters. The predicted octanol–water partition coefficient (Wildman–Crippen LogP) is 3.76. The van der Waals surface area contributed by atoms with Crippen LogP contribution in [-0.4, -0.2) is 26.9 Å². The summed E-state index contributed by atoms with van der Waals surface area (Å²) in [5.74, 6) is 0.551. The average Bonchev–Trinajstić information content (AvgIpc) is 3.10. The Kier molecular flexibility index (Phi) is 5.54. The van der Waals surface area contributed by atoms with E-state index in [9.17, 15) is 4.79 Å². The van der Waals surface area contributed by atoms with E-state index in [2.05, 4.69) is 34.5 Å². The number of tetrazole rings is 1. The fraction of sp³-hybridized carbons (Fsp3) is 0.176. The SMILES string of the molecule is CCC.O=Cc1ccc(-c2ccccc2-c2nn[nH]n2)cc1. The maximum atomic E-state index is 10.7. The molecule has 0 aliphatic heterocycles. The standard InChI is InChI=1S/C14H10N4O.C3H8/c19-9-10-5-7-11(8-6-10)12-3-1-2-4-13(12)14-15-17-18-16-14;1-3-2/h1-9H,(H,15,16,17,18);3H2,1-2H3. The van der Waals surface area contributed by atoms with Gasteiger partial charge in [0.25, 0.3) is 0 Å². The van der Waals surface area contributed by atoms with Crippen molar-refractivity contribution in [2.24, 2.45) is 0 Å². The molecule has 1 N–H and O–H groups in total. The van der Waals surface area contributed by atoms with Crippen LogP contribution in [0.5, 0.6) is 0 Å². The van der Waals surface area contributed by atoms with E-state index in [1.54, 1.807) is 12.1 Å². The van der Waals surface area contributed by atoms with Gasteiger partial charge < -0.3 is 0 Å². The van der Waals surface area contributed by atoms with E-state index in [-0.39, 0.29) is 0 Å². The summed E-state index contributed by atoms with van der Waals surface area (Å²) in [7, 11) is 0. The fourth-order valence-electron chi connectivity index (χ4n) is 1.95. The summed E-state index contributed by atoms with van der Waals surface area (Å²) < 4.78 is 0. The van der Waals surface area contributed by atoms with Crippen LogP contribution in [-0.2, 0) is 0 Å². The number of nitrogens with one attached hydrogen (secondary N) is 1. The largest absolute Gasteiger partial charge is 0.298 e. The Morgan fingerprint density at radius 2 is 1.64 bits per heavy atom. The molecule has 2 aromatic carbocycles. The first-order chi connectivity index (χ1) is 10.8. The third-order valence-corrected chi connectivity index (χ3v) is 2.87. The molecule has 0 spiro atoms. The van der Waals surface area contributed by atoms with Gasteiger partial charge >= 0.3 is 0 Å². The lowest BCUT2D eigenvalue weighted by molar-refractivity contribution is 0.112. The Hall–Kier alpha value is -2.82. The van der Waals surface area contributed by atoms with Crippen molar-refractivity contribution in [3.05, 3.63) is 54.1 Å². The van der Waals surface area contributed by atoms with Crippen molar-refractivity contribution in [3.8, 4) is 22.5 Å². The Bertz CT molecular complexity index is 706. The minimum Gasteiger partial charge on any atom is -0.298 e. The quantitative estimate of drug-likeness (QED) is 0.746. The predicted molar refractivity (Wildman–Crippen MR) is 86.4 cm³/mol. The molecule has 5 heteroatoms. The number of benzene rings is 2. The summed E-state index contributed by atoms with van der Waals surface area (Å²) in [4.78, 5) is 10.7. The number of carbonyl (C=O) groups is 1. The van der Waals surface area contributed by atoms with E-state index in [1.807, 2.05) is 36.4 Å². The van der Waals surface area contributed by atoms with Crippen LogP contribution in [0.25, 0.3) is 22.5 Å². The molecule has 1 aromatic heterocycles. The van der Waals surface area contributed by atoms with E-state index in [4.69, 9.17) is 0 Å². The average molecular weight is 294 g/mol. The van der Waals surface area contributed by atoms with Crippen LogP contribution in [0.2, 0.25) is 0 Å². The molecular formula is C17H18N4O. The van der Waals surface area contributed by atoms with Crippen molar-refractivity contribution >= 4 is 6.29 Å². The van der Waals surface area contributed by atoms with Crippen LogP contribution in [0.15, 0.2) is 48.5 Å². The highest BCUT2D eigenvalue weighted by atomic mass is 16.1. The van der Waals surface area contributed by atoms with Gasteiger partial charge in [-0.3, -0.25) is 4.79 Å². The zero-order valence-electron chi connectivity index (χ0n) is 12.7. The maximum Gasteiger partial charge on any atom is 0.205 e. The van der Waals surface area contributed by atoms with Crippen LogP contribution < -0.4 is 0 Å². The van der Waals surface area contributed by atoms with Gasteiger partial charge in [0.2, 0.25) is 5.82 Å². The molecule has 0 saturated carbocycles. The lowest BCUT2D eigenvalue weighted by atomic mass is 9.98. The van der Waals surface area contributed by atoms with Crippen molar-refractivity contribution in [1.82, 2.24) is 20.6 Å². The molecule has 5 nitrogen and oxygen atoms in total. The van der Waals surface area contributed by atoms with Gasteiger partial charge in [-0.15, -0.1) is 10.2 Å². The molecule has 3 aromatic rings. The zero-order chi connectivity index (χ0) is 15.8. The molecule has 0 unspecified atom stereocenters. The summed E-state index contributed by atoms with van der Waals surface area (Å²) >= 11 is 0. The molecule has 3 rings (SSSR count).